The largest absolute Gasteiger partial charge is 0.507 e. The minimum atomic E-state index is -0.723. The number of amides is 1. The molecule has 1 atom stereocenters. The zero-order valence-corrected chi connectivity index (χ0v) is 19.0. The van der Waals surface area contributed by atoms with Gasteiger partial charge in [-0.2, -0.15) is 0 Å². The summed E-state index contributed by atoms with van der Waals surface area (Å²) in [5.74, 6) is -0.821. The van der Waals surface area contributed by atoms with Gasteiger partial charge in [-0.15, -0.1) is 0 Å². The third-order valence-corrected chi connectivity index (χ3v) is 5.71. The Morgan fingerprint density at radius 2 is 1.81 bits per heavy atom. The van der Waals surface area contributed by atoms with Gasteiger partial charge in [0.25, 0.3) is 11.7 Å². The molecule has 0 bridgehead atoms. The Kier molecular flexibility index (Phi) is 8.00. The number of aliphatic hydroxyl groups is 1. The maximum Gasteiger partial charge on any atom is 0.295 e. The highest BCUT2D eigenvalue weighted by Gasteiger charge is 2.46. The van der Waals surface area contributed by atoms with Gasteiger partial charge in [0.15, 0.2) is 0 Å². The molecule has 1 saturated heterocycles. The van der Waals surface area contributed by atoms with Gasteiger partial charge in [-0.3, -0.25) is 14.6 Å². The van der Waals surface area contributed by atoms with Gasteiger partial charge in [0.05, 0.1) is 17.9 Å². The zero-order valence-electron chi connectivity index (χ0n) is 19.0. The molecule has 1 aromatic heterocycles. The number of Topliss-reactive ketones (excluding diaryl/α,β-unsaturated/α-hetero) is 1. The minimum absolute atomic E-state index is 0.0701. The molecule has 32 heavy (non-hydrogen) atoms. The van der Waals surface area contributed by atoms with Crippen LogP contribution in [0.3, 0.4) is 0 Å². The Balaban J connectivity index is 1.97. The lowest BCUT2D eigenvalue weighted by Crippen LogP contribution is -2.33. The van der Waals surface area contributed by atoms with Crippen molar-refractivity contribution in [3.8, 4) is 5.75 Å². The quantitative estimate of drug-likeness (QED) is 0.347. The van der Waals surface area contributed by atoms with Crippen molar-refractivity contribution in [2.45, 2.75) is 33.2 Å². The van der Waals surface area contributed by atoms with Crippen LogP contribution < -0.4 is 4.74 Å². The average Bonchev–Trinajstić information content (AvgIpc) is 3.07. The number of benzene rings is 1. The predicted octanol–water partition coefficient (Wildman–Crippen LogP) is 3.63. The molecule has 0 spiro atoms. The molecule has 0 saturated carbocycles. The number of aliphatic hydroxyl groups excluding tert-OH is 1. The normalized spacial score (nSPS) is 17.9. The van der Waals surface area contributed by atoms with E-state index >= 15 is 0 Å². The van der Waals surface area contributed by atoms with E-state index in [0.29, 0.717) is 30.2 Å². The number of hydrogen-bond acceptors (Lipinski definition) is 6. The molecule has 1 aliphatic rings. The molecule has 2 heterocycles. The minimum Gasteiger partial charge on any atom is -0.507 e. The Hall–Kier alpha value is -3.19. The third-order valence-electron chi connectivity index (χ3n) is 5.71. The van der Waals surface area contributed by atoms with Crippen LogP contribution in [0.4, 0.5) is 0 Å². The van der Waals surface area contributed by atoms with Crippen LogP contribution in [0.25, 0.3) is 5.76 Å². The highest BCUT2D eigenvalue weighted by molar-refractivity contribution is 6.46. The van der Waals surface area contributed by atoms with Gasteiger partial charge in [-0.25, -0.2) is 0 Å². The van der Waals surface area contributed by atoms with Crippen LogP contribution in [-0.2, 0) is 9.59 Å². The molecule has 1 fully saturated rings. The monoisotopic (exact) mass is 437 g/mol. The van der Waals surface area contributed by atoms with Gasteiger partial charge in [0.1, 0.15) is 17.6 Å². The van der Waals surface area contributed by atoms with E-state index in [-0.39, 0.29) is 11.3 Å². The van der Waals surface area contributed by atoms with Gasteiger partial charge >= 0.3 is 0 Å². The number of carbonyl (C=O) groups excluding carboxylic acids is 2. The van der Waals surface area contributed by atoms with E-state index in [1.165, 1.54) is 4.90 Å². The second-order valence-electron chi connectivity index (χ2n) is 7.58. The summed E-state index contributed by atoms with van der Waals surface area (Å²) in [7, 11) is 0. The smallest absolute Gasteiger partial charge is 0.295 e. The molecule has 1 amide bonds. The number of nitrogens with zero attached hydrogens (tertiary/aromatic N) is 3. The zero-order chi connectivity index (χ0) is 23.1. The highest BCUT2D eigenvalue weighted by atomic mass is 16.5. The van der Waals surface area contributed by atoms with Crippen LogP contribution in [0.5, 0.6) is 5.75 Å². The topological polar surface area (TPSA) is 83.0 Å². The maximum atomic E-state index is 13.0. The van der Waals surface area contributed by atoms with Crippen molar-refractivity contribution in [1.82, 2.24) is 14.8 Å². The second-order valence-corrected chi connectivity index (χ2v) is 7.58. The van der Waals surface area contributed by atoms with Crippen molar-refractivity contribution >= 4 is 17.4 Å². The van der Waals surface area contributed by atoms with E-state index < -0.39 is 17.7 Å². The lowest BCUT2D eigenvalue weighted by atomic mass is 9.98. The van der Waals surface area contributed by atoms with E-state index in [2.05, 4.69) is 23.7 Å². The van der Waals surface area contributed by atoms with Crippen LogP contribution in [0, 0.1) is 0 Å². The molecule has 0 unspecified atom stereocenters. The number of rotatable bonds is 10. The summed E-state index contributed by atoms with van der Waals surface area (Å²) < 4.78 is 5.45. The summed E-state index contributed by atoms with van der Waals surface area (Å²) in [6.07, 6.45) is 2.35. The number of likely N-dealkylation sites (tertiary alicyclic amines) is 1. The van der Waals surface area contributed by atoms with Crippen molar-refractivity contribution in [3.05, 3.63) is 65.5 Å². The van der Waals surface area contributed by atoms with E-state index in [1.54, 1.807) is 42.6 Å². The van der Waals surface area contributed by atoms with Gasteiger partial charge in [-0.05, 0) is 69.4 Å². The Morgan fingerprint density at radius 1 is 1.09 bits per heavy atom. The molecule has 7 nitrogen and oxygen atoms in total. The summed E-state index contributed by atoms with van der Waals surface area (Å²) in [6.45, 7) is 9.70. The molecule has 1 aliphatic heterocycles. The first kappa shape index (κ1) is 23.5. The van der Waals surface area contributed by atoms with Crippen LogP contribution in [0.2, 0.25) is 0 Å². The van der Waals surface area contributed by atoms with Gasteiger partial charge < -0.3 is 19.6 Å². The Morgan fingerprint density at radius 3 is 2.41 bits per heavy atom. The van der Waals surface area contributed by atoms with E-state index in [9.17, 15) is 14.7 Å². The number of aromatic nitrogens is 1. The summed E-state index contributed by atoms with van der Waals surface area (Å²) in [5, 5.41) is 11.1. The van der Waals surface area contributed by atoms with Crippen molar-refractivity contribution in [3.63, 3.8) is 0 Å². The first-order chi connectivity index (χ1) is 15.5. The van der Waals surface area contributed by atoms with Crippen molar-refractivity contribution in [2.75, 3.05) is 32.8 Å². The summed E-state index contributed by atoms with van der Waals surface area (Å²) in [6, 6.07) is 11.5. The fourth-order valence-corrected chi connectivity index (χ4v) is 3.99. The number of carbonyl (C=O) groups is 2. The summed E-state index contributed by atoms with van der Waals surface area (Å²) in [4.78, 5) is 34.2. The molecule has 2 aromatic rings. The molecular weight excluding hydrogens is 406 g/mol. The number of pyridine rings is 1. The average molecular weight is 438 g/mol. The SMILES string of the molecule is CCOc1ccc(C(O)=C2C(=O)C(=O)N(CCCN(CC)CC)[C@@H]2c2ccccn2)cc1. The highest BCUT2D eigenvalue weighted by Crippen LogP contribution is 2.38. The Labute approximate surface area is 189 Å². The van der Waals surface area contributed by atoms with Gasteiger partial charge in [-0.1, -0.05) is 19.9 Å². The standard InChI is InChI=1S/C25H31N3O4/c1-4-27(5-2)16-9-17-28-22(20-10-7-8-15-26-20)21(24(30)25(28)31)23(29)18-11-13-19(14-12-18)32-6-3/h7-8,10-15,22,29H,4-6,9,16-17H2,1-3H3/t22-/m1/s1. The van der Waals surface area contributed by atoms with Gasteiger partial charge in [0.2, 0.25) is 0 Å². The van der Waals surface area contributed by atoms with E-state index in [4.69, 9.17) is 4.74 Å². The molecule has 1 aromatic carbocycles. The second kappa shape index (κ2) is 10.9. The predicted molar refractivity (Wildman–Crippen MR) is 123 cm³/mol. The fourth-order valence-electron chi connectivity index (χ4n) is 3.99. The maximum absolute atomic E-state index is 13.0. The van der Waals surface area contributed by atoms with Crippen LogP contribution in [-0.4, -0.2) is 64.4 Å². The molecular formula is C25H31N3O4. The summed E-state index contributed by atoms with van der Waals surface area (Å²) >= 11 is 0. The number of ketones is 1. The third kappa shape index (κ3) is 4.99. The first-order valence-electron chi connectivity index (χ1n) is 11.2. The summed E-state index contributed by atoms with van der Waals surface area (Å²) in [5.41, 5.74) is 1.08. The lowest BCUT2D eigenvalue weighted by molar-refractivity contribution is -0.140. The van der Waals surface area contributed by atoms with Crippen molar-refractivity contribution in [1.29, 1.82) is 0 Å². The van der Waals surface area contributed by atoms with Gasteiger partial charge in [0, 0.05) is 18.3 Å². The Bertz CT molecular complexity index is 953. The van der Waals surface area contributed by atoms with Crippen LogP contribution >= 0.6 is 0 Å². The van der Waals surface area contributed by atoms with Crippen molar-refractivity contribution < 1.29 is 19.4 Å². The molecule has 1 N–H and O–H groups in total. The van der Waals surface area contributed by atoms with E-state index in [0.717, 1.165) is 26.1 Å². The number of hydrogen-bond donors (Lipinski definition) is 1. The van der Waals surface area contributed by atoms with E-state index in [1.807, 2.05) is 13.0 Å². The van der Waals surface area contributed by atoms with Crippen molar-refractivity contribution in [2.24, 2.45) is 0 Å². The molecule has 0 radical (unpaired) electrons. The van der Waals surface area contributed by atoms with Crippen LogP contribution in [0.15, 0.2) is 54.2 Å². The molecule has 7 heteroatoms. The lowest BCUT2D eigenvalue weighted by Gasteiger charge is -2.26. The fraction of sp³-hybridized carbons (Fsp3) is 0.400. The first-order valence-corrected chi connectivity index (χ1v) is 11.2. The van der Waals surface area contributed by atoms with Crippen LogP contribution in [0.1, 0.15) is 44.5 Å². The molecule has 170 valence electrons. The molecule has 3 rings (SSSR count). The number of ether oxygens (including phenoxy) is 1. The molecule has 0 aliphatic carbocycles.